The predicted molar refractivity (Wildman–Crippen MR) is 61.5 cm³/mol. The lowest BCUT2D eigenvalue weighted by Crippen LogP contribution is -2.21. The van der Waals surface area contributed by atoms with Crippen molar-refractivity contribution < 1.29 is 23.0 Å². The van der Waals surface area contributed by atoms with Gasteiger partial charge in [-0.25, -0.2) is 0 Å². The maximum absolute atomic E-state index is 12.7. The van der Waals surface area contributed by atoms with Crippen molar-refractivity contribution >= 4 is 10.8 Å². The van der Waals surface area contributed by atoms with E-state index in [1.807, 2.05) is 0 Å². The predicted octanol–water partition coefficient (Wildman–Crippen LogP) is 3.44. The van der Waals surface area contributed by atoms with E-state index in [1.54, 1.807) is 24.3 Å². The van der Waals surface area contributed by atoms with E-state index in [-0.39, 0.29) is 11.3 Å². The van der Waals surface area contributed by atoms with Crippen LogP contribution in [0.15, 0.2) is 36.4 Å². The Labute approximate surface area is 102 Å². The summed E-state index contributed by atoms with van der Waals surface area (Å²) in [5.74, 6) is 0.0264. The van der Waals surface area contributed by atoms with Crippen LogP contribution in [0, 0.1) is 0 Å². The van der Waals surface area contributed by atoms with Gasteiger partial charge >= 0.3 is 6.18 Å². The fraction of sp³-hybridized carbons (Fsp3) is 0.231. The van der Waals surface area contributed by atoms with Gasteiger partial charge in [-0.05, 0) is 16.8 Å². The highest BCUT2D eigenvalue weighted by Gasteiger charge is 2.41. The van der Waals surface area contributed by atoms with E-state index in [4.69, 9.17) is 4.74 Å². The van der Waals surface area contributed by atoms with Gasteiger partial charge in [-0.3, -0.25) is 0 Å². The Bertz CT molecular complexity index is 564. The van der Waals surface area contributed by atoms with E-state index >= 15 is 0 Å². The van der Waals surface area contributed by atoms with Gasteiger partial charge in [0, 0.05) is 5.56 Å². The summed E-state index contributed by atoms with van der Waals surface area (Å²) < 4.78 is 42.9. The fourth-order valence-electron chi connectivity index (χ4n) is 1.90. The molecule has 0 aromatic heterocycles. The topological polar surface area (TPSA) is 29.5 Å². The van der Waals surface area contributed by atoms with Crippen molar-refractivity contribution in [3.8, 4) is 5.75 Å². The maximum Gasteiger partial charge on any atom is 0.418 e. The van der Waals surface area contributed by atoms with Crippen LogP contribution < -0.4 is 4.74 Å². The first-order valence-electron chi connectivity index (χ1n) is 5.25. The van der Waals surface area contributed by atoms with Gasteiger partial charge in [0.05, 0.1) is 7.11 Å². The number of alkyl halides is 3. The number of aliphatic hydroxyl groups excluding tert-OH is 1. The number of benzene rings is 2. The van der Waals surface area contributed by atoms with Crippen LogP contribution in [0.4, 0.5) is 13.2 Å². The van der Waals surface area contributed by atoms with Crippen molar-refractivity contribution in [3.05, 3.63) is 42.0 Å². The second-order valence-electron chi connectivity index (χ2n) is 3.85. The largest absolute Gasteiger partial charge is 0.496 e. The normalized spacial score (nSPS) is 13.6. The number of hydrogen-bond donors (Lipinski definition) is 1. The molecule has 0 heterocycles. The minimum Gasteiger partial charge on any atom is -0.496 e. The Balaban J connectivity index is 2.72. The third-order valence-corrected chi connectivity index (χ3v) is 2.73. The molecule has 18 heavy (non-hydrogen) atoms. The Morgan fingerprint density at radius 3 is 2.39 bits per heavy atom. The summed E-state index contributed by atoms with van der Waals surface area (Å²) in [7, 11) is 1.27. The minimum atomic E-state index is -4.72. The molecular formula is C13H11F3O2. The highest BCUT2D eigenvalue weighted by atomic mass is 19.4. The number of rotatable bonds is 2. The third kappa shape index (κ3) is 2.13. The molecule has 0 aliphatic rings. The molecule has 96 valence electrons. The summed E-state index contributed by atoms with van der Waals surface area (Å²) in [6.45, 7) is 0. The maximum atomic E-state index is 12.7. The van der Waals surface area contributed by atoms with Gasteiger partial charge in [0.25, 0.3) is 0 Å². The van der Waals surface area contributed by atoms with E-state index in [0.717, 1.165) is 0 Å². The van der Waals surface area contributed by atoms with Gasteiger partial charge in [0.1, 0.15) is 5.75 Å². The van der Waals surface area contributed by atoms with Crippen LogP contribution in [0.25, 0.3) is 10.8 Å². The zero-order valence-electron chi connectivity index (χ0n) is 9.53. The smallest absolute Gasteiger partial charge is 0.418 e. The van der Waals surface area contributed by atoms with Crippen molar-refractivity contribution in [2.24, 2.45) is 0 Å². The van der Waals surface area contributed by atoms with Gasteiger partial charge in [0.2, 0.25) is 0 Å². The molecule has 2 aromatic carbocycles. The Kier molecular flexibility index (Phi) is 3.17. The van der Waals surface area contributed by atoms with Crippen molar-refractivity contribution in [2.45, 2.75) is 12.3 Å². The lowest BCUT2D eigenvalue weighted by Gasteiger charge is -2.19. The van der Waals surface area contributed by atoms with Gasteiger partial charge in [-0.2, -0.15) is 13.2 Å². The fourth-order valence-corrected chi connectivity index (χ4v) is 1.90. The lowest BCUT2D eigenvalue weighted by molar-refractivity contribution is -0.206. The van der Waals surface area contributed by atoms with Gasteiger partial charge < -0.3 is 9.84 Å². The van der Waals surface area contributed by atoms with Crippen LogP contribution in [-0.2, 0) is 0 Å². The average molecular weight is 256 g/mol. The number of ether oxygens (including phenoxy) is 1. The van der Waals surface area contributed by atoms with Crippen molar-refractivity contribution in [1.29, 1.82) is 0 Å². The summed E-state index contributed by atoms with van der Waals surface area (Å²) in [6.07, 6.45) is -7.28. The van der Waals surface area contributed by atoms with Crippen LogP contribution in [0.5, 0.6) is 5.75 Å². The van der Waals surface area contributed by atoms with Crippen LogP contribution in [0.3, 0.4) is 0 Å². The third-order valence-electron chi connectivity index (χ3n) is 2.73. The average Bonchev–Trinajstić information content (AvgIpc) is 2.35. The Morgan fingerprint density at radius 1 is 1.11 bits per heavy atom. The zero-order valence-corrected chi connectivity index (χ0v) is 9.53. The molecule has 2 aromatic rings. The molecule has 0 bridgehead atoms. The Hall–Kier alpha value is -1.75. The second-order valence-corrected chi connectivity index (χ2v) is 3.85. The molecule has 0 fully saturated rings. The summed E-state index contributed by atoms with van der Waals surface area (Å²) >= 11 is 0. The quantitative estimate of drug-likeness (QED) is 0.891. The number of aliphatic hydroxyl groups is 1. The van der Waals surface area contributed by atoms with E-state index in [1.165, 1.54) is 19.2 Å². The van der Waals surface area contributed by atoms with Crippen LogP contribution in [-0.4, -0.2) is 18.4 Å². The monoisotopic (exact) mass is 256 g/mol. The number of hydrogen-bond acceptors (Lipinski definition) is 2. The molecule has 0 aliphatic carbocycles. The summed E-state index contributed by atoms with van der Waals surface area (Å²) in [5.41, 5.74) is -0.247. The molecular weight excluding hydrogens is 245 g/mol. The molecule has 0 saturated heterocycles. The first-order valence-corrected chi connectivity index (χ1v) is 5.25. The Morgan fingerprint density at radius 2 is 1.78 bits per heavy atom. The van der Waals surface area contributed by atoms with Crippen LogP contribution in [0.2, 0.25) is 0 Å². The molecule has 0 radical (unpaired) electrons. The van der Waals surface area contributed by atoms with Crippen molar-refractivity contribution in [3.63, 3.8) is 0 Å². The minimum absolute atomic E-state index is 0.0264. The molecule has 0 amide bonds. The van der Waals surface area contributed by atoms with Gasteiger partial charge in [-0.15, -0.1) is 0 Å². The molecule has 0 saturated carbocycles. The SMILES string of the molecule is COc1ccc2ccccc2c1C(O)C(F)(F)F. The van der Waals surface area contributed by atoms with E-state index < -0.39 is 12.3 Å². The zero-order chi connectivity index (χ0) is 13.3. The van der Waals surface area contributed by atoms with Crippen LogP contribution >= 0.6 is 0 Å². The molecule has 2 rings (SSSR count). The summed E-state index contributed by atoms with van der Waals surface area (Å²) in [6, 6.07) is 9.63. The number of halogens is 3. The molecule has 1 unspecified atom stereocenters. The van der Waals surface area contributed by atoms with E-state index in [0.29, 0.717) is 10.8 Å². The molecule has 5 heteroatoms. The first-order chi connectivity index (χ1) is 8.45. The number of fused-ring (bicyclic) bond motifs is 1. The summed E-state index contributed by atoms with van der Waals surface area (Å²) in [5, 5.41) is 10.4. The van der Waals surface area contributed by atoms with Crippen molar-refractivity contribution in [1.82, 2.24) is 0 Å². The molecule has 1 atom stereocenters. The highest BCUT2D eigenvalue weighted by Crippen LogP contribution is 2.40. The standard InChI is InChI=1S/C13H11F3O2/c1-18-10-7-6-8-4-2-3-5-9(8)11(10)12(17)13(14,15)16/h2-7,12,17H,1H3. The van der Waals surface area contributed by atoms with Crippen LogP contribution in [0.1, 0.15) is 11.7 Å². The van der Waals surface area contributed by atoms with Gasteiger partial charge in [-0.1, -0.05) is 30.3 Å². The van der Waals surface area contributed by atoms with Gasteiger partial charge in [0.15, 0.2) is 6.10 Å². The molecule has 0 spiro atoms. The lowest BCUT2D eigenvalue weighted by atomic mass is 9.99. The van der Waals surface area contributed by atoms with E-state index in [2.05, 4.69) is 0 Å². The molecule has 2 nitrogen and oxygen atoms in total. The second kappa shape index (κ2) is 4.49. The highest BCUT2D eigenvalue weighted by molar-refractivity contribution is 5.88. The summed E-state index contributed by atoms with van der Waals surface area (Å²) in [4.78, 5) is 0. The van der Waals surface area contributed by atoms with Crippen molar-refractivity contribution in [2.75, 3.05) is 7.11 Å². The number of methoxy groups -OCH3 is 1. The first kappa shape index (κ1) is 12.7. The molecule has 1 N–H and O–H groups in total. The molecule has 0 aliphatic heterocycles. The van der Waals surface area contributed by atoms with E-state index in [9.17, 15) is 18.3 Å².